The Hall–Kier alpha value is -1.89. The second-order valence-corrected chi connectivity index (χ2v) is 6.18. The second kappa shape index (κ2) is 5.39. The van der Waals surface area contributed by atoms with Gasteiger partial charge in [-0.25, -0.2) is 4.79 Å². The summed E-state index contributed by atoms with van der Waals surface area (Å²) in [5, 5.41) is 13.9. The van der Waals surface area contributed by atoms with Crippen LogP contribution in [0.2, 0.25) is 0 Å². The van der Waals surface area contributed by atoms with Crippen molar-refractivity contribution in [3.8, 4) is 0 Å². The van der Waals surface area contributed by atoms with Crippen molar-refractivity contribution >= 4 is 11.9 Å². The SMILES string of the molecule is COCC1(C(=O)O)CCCN1C(=O)c1cc(C2CC2)n(C)n1. The third-order valence-corrected chi connectivity index (χ3v) is 4.65. The van der Waals surface area contributed by atoms with Crippen LogP contribution in [0.4, 0.5) is 0 Å². The first-order chi connectivity index (χ1) is 10.5. The van der Waals surface area contributed by atoms with Crippen molar-refractivity contribution in [2.24, 2.45) is 7.05 Å². The third kappa shape index (κ3) is 2.29. The molecule has 2 heterocycles. The molecule has 1 aromatic rings. The lowest BCUT2D eigenvalue weighted by molar-refractivity contribution is -0.151. The number of hydrogen-bond acceptors (Lipinski definition) is 4. The van der Waals surface area contributed by atoms with E-state index in [1.165, 1.54) is 12.0 Å². The number of aryl methyl sites for hydroxylation is 1. The number of nitrogens with zero attached hydrogens (tertiary/aromatic N) is 3. The van der Waals surface area contributed by atoms with Crippen LogP contribution >= 0.6 is 0 Å². The standard InChI is InChI=1S/C15H21N3O4/c1-17-12(10-4-5-10)8-11(16-17)13(19)18-7-3-6-15(18,9-22-2)14(20)21/h8,10H,3-7,9H2,1-2H3,(H,20,21). The molecule has 1 saturated carbocycles. The number of likely N-dealkylation sites (tertiary alicyclic amines) is 1. The van der Waals surface area contributed by atoms with Crippen LogP contribution in [0.5, 0.6) is 0 Å². The van der Waals surface area contributed by atoms with Crippen LogP contribution in [-0.2, 0) is 16.6 Å². The molecule has 0 spiro atoms. The molecule has 1 unspecified atom stereocenters. The van der Waals surface area contributed by atoms with Crippen molar-refractivity contribution in [2.45, 2.75) is 37.1 Å². The van der Waals surface area contributed by atoms with E-state index >= 15 is 0 Å². The van der Waals surface area contributed by atoms with Crippen LogP contribution in [0.1, 0.15) is 47.8 Å². The van der Waals surface area contributed by atoms with Gasteiger partial charge in [0.2, 0.25) is 0 Å². The summed E-state index contributed by atoms with van der Waals surface area (Å²) in [4.78, 5) is 25.9. The van der Waals surface area contributed by atoms with E-state index in [2.05, 4.69) is 5.10 Å². The summed E-state index contributed by atoms with van der Waals surface area (Å²) < 4.78 is 6.82. The Morgan fingerprint density at radius 1 is 1.50 bits per heavy atom. The zero-order chi connectivity index (χ0) is 15.9. The zero-order valence-corrected chi connectivity index (χ0v) is 12.9. The number of aliphatic carboxylic acids is 1. The molecular weight excluding hydrogens is 286 g/mol. The molecule has 1 aromatic heterocycles. The van der Waals surface area contributed by atoms with E-state index in [0.717, 1.165) is 18.5 Å². The number of amides is 1. The maximum atomic E-state index is 12.8. The fourth-order valence-electron chi connectivity index (χ4n) is 3.33. The molecule has 0 aromatic carbocycles. The summed E-state index contributed by atoms with van der Waals surface area (Å²) in [7, 11) is 3.28. The van der Waals surface area contributed by atoms with Gasteiger partial charge in [0.1, 0.15) is 0 Å². The van der Waals surface area contributed by atoms with Gasteiger partial charge >= 0.3 is 5.97 Å². The highest BCUT2D eigenvalue weighted by Gasteiger charge is 2.50. The van der Waals surface area contributed by atoms with Crippen LogP contribution in [0, 0.1) is 0 Å². The number of rotatable bonds is 5. The molecule has 3 rings (SSSR count). The predicted molar refractivity (Wildman–Crippen MR) is 77.7 cm³/mol. The summed E-state index contributed by atoms with van der Waals surface area (Å²) in [6.45, 7) is 0.417. The van der Waals surface area contributed by atoms with Crippen molar-refractivity contribution < 1.29 is 19.4 Å². The van der Waals surface area contributed by atoms with E-state index < -0.39 is 11.5 Å². The van der Waals surface area contributed by atoms with Crippen molar-refractivity contribution in [3.63, 3.8) is 0 Å². The van der Waals surface area contributed by atoms with Crippen LogP contribution < -0.4 is 0 Å². The summed E-state index contributed by atoms with van der Waals surface area (Å²) in [6.07, 6.45) is 3.31. The fourth-order valence-corrected chi connectivity index (χ4v) is 3.33. The topological polar surface area (TPSA) is 84.7 Å². The van der Waals surface area contributed by atoms with Crippen LogP contribution in [0.15, 0.2) is 6.07 Å². The van der Waals surface area contributed by atoms with E-state index in [-0.39, 0.29) is 12.5 Å². The minimum Gasteiger partial charge on any atom is -0.479 e. The van der Waals surface area contributed by atoms with E-state index in [1.54, 1.807) is 10.7 Å². The molecule has 1 N–H and O–H groups in total. The molecule has 2 aliphatic rings. The Balaban J connectivity index is 1.89. The zero-order valence-electron chi connectivity index (χ0n) is 12.9. The summed E-state index contributed by atoms with van der Waals surface area (Å²) in [5.41, 5.74) is 0.103. The first-order valence-electron chi connectivity index (χ1n) is 7.58. The first kappa shape index (κ1) is 15.0. The summed E-state index contributed by atoms with van der Waals surface area (Å²) >= 11 is 0. The Kier molecular flexibility index (Phi) is 3.68. The van der Waals surface area contributed by atoms with E-state index in [0.29, 0.717) is 31.0 Å². The quantitative estimate of drug-likeness (QED) is 0.877. The van der Waals surface area contributed by atoms with Crippen molar-refractivity contribution in [2.75, 3.05) is 20.3 Å². The molecule has 1 atom stereocenters. The Morgan fingerprint density at radius 2 is 2.23 bits per heavy atom. The lowest BCUT2D eigenvalue weighted by Crippen LogP contribution is -2.56. The molecule has 1 amide bonds. The van der Waals surface area contributed by atoms with Gasteiger partial charge in [-0.15, -0.1) is 0 Å². The first-order valence-corrected chi connectivity index (χ1v) is 7.58. The maximum Gasteiger partial charge on any atom is 0.332 e. The lowest BCUT2D eigenvalue weighted by Gasteiger charge is -2.33. The van der Waals surface area contributed by atoms with Crippen LogP contribution in [-0.4, -0.2) is 57.5 Å². The van der Waals surface area contributed by atoms with Crippen molar-refractivity contribution in [3.05, 3.63) is 17.5 Å². The molecule has 120 valence electrons. The van der Waals surface area contributed by atoms with Gasteiger partial charge in [-0.3, -0.25) is 9.48 Å². The Labute approximate surface area is 128 Å². The van der Waals surface area contributed by atoms with Gasteiger partial charge < -0.3 is 14.7 Å². The number of carbonyl (C=O) groups excluding carboxylic acids is 1. The van der Waals surface area contributed by atoms with Crippen LogP contribution in [0.25, 0.3) is 0 Å². The molecule has 7 nitrogen and oxygen atoms in total. The molecule has 0 radical (unpaired) electrons. The molecule has 1 aliphatic carbocycles. The van der Waals surface area contributed by atoms with Gasteiger partial charge in [0.25, 0.3) is 5.91 Å². The largest absolute Gasteiger partial charge is 0.479 e. The summed E-state index contributed by atoms with van der Waals surface area (Å²) in [6, 6.07) is 1.80. The molecule has 22 heavy (non-hydrogen) atoms. The molecule has 1 saturated heterocycles. The van der Waals surface area contributed by atoms with E-state index in [4.69, 9.17) is 4.74 Å². The van der Waals surface area contributed by atoms with Crippen molar-refractivity contribution in [1.29, 1.82) is 0 Å². The number of carboxylic acid groups (broad SMARTS) is 1. The second-order valence-electron chi connectivity index (χ2n) is 6.18. The number of carbonyl (C=O) groups is 2. The smallest absolute Gasteiger partial charge is 0.332 e. The predicted octanol–water partition coefficient (Wildman–Crippen LogP) is 1.00. The highest BCUT2D eigenvalue weighted by molar-refractivity contribution is 5.97. The molecular formula is C15H21N3O4. The number of aromatic nitrogens is 2. The molecule has 2 fully saturated rings. The van der Waals surface area contributed by atoms with E-state index in [1.807, 2.05) is 7.05 Å². The Bertz CT molecular complexity index is 608. The monoisotopic (exact) mass is 307 g/mol. The average molecular weight is 307 g/mol. The summed E-state index contributed by atoms with van der Waals surface area (Å²) in [5.74, 6) is -0.848. The molecule has 1 aliphatic heterocycles. The number of hydrogen-bond donors (Lipinski definition) is 1. The molecule has 0 bridgehead atoms. The van der Waals surface area contributed by atoms with Crippen molar-refractivity contribution in [1.82, 2.24) is 14.7 Å². The number of carboxylic acids is 1. The normalized spacial score (nSPS) is 24.7. The lowest BCUT2D eigenvalue weighted by atomic mass is 9.97. The van der Waals surface area contributed by atoms with Gasteiger partial charge in [0.15, 0.2) is 11.2 Å². The number of methoxy groups -OCH3 is 1. The maximum absolute atomic E-state index is 12.8. The highest BCUT2D eigenvalue weighted by Crippen LogP contribution is 2.40. The van der Waals surface area contributed by atoms with Gasteiger partial charge in [-0.2, -0.15) is 5.10 Å². The highest BCUT2D eigenvalue weighted by atomic mass is 16.5. The van der Waals surface area contributed by atoms with Gasteiger partial charge in [0.05, 0.1) is 6.61 Å². The minimum atomic E-state index is -1.27. The van der Waals surface area contributed by atoms with Gasteiger partial charge in [-0.1, -0.05) is 0 Å². The fraction of sp³-hybridized carbons (Fsp3) is 0.667. The van der Waals surface area contributed by atoms with Gasteiger partial charge in [-0.05, 0) is 31.7 Å². The third-order valence-electron chi connectivity index (χ3n) is 4.65. The molecule has 7 heteroatoms. The van der Waals surface area contributed by atoms with Crippen LogP contribution in [0.3, 0.4) is 0 Å². The average Bonchev–Trinajstić information content (AvgIpc) is 3.11. The van der Waals surface area contributed by atoms with E-state index in [9.17, 15) is 14.7 Å². The number of ether oxygens (including phenoxy) is 1. The minimum absolute atomic E-state index is 0.00358. The Morgan fingerprint density at radius 3 is 2.82 bits per heavy atom. The van der Waals surface area contributed by atoms with Gasteiger partial charge in [0, 0.05) is 32.3 Å².